The van der Waals surface area contributed by atoms with Crippen molar-refractivity contribution in [3.8, 4) is 11.4 Å². The van der Waals surface area contributed by atoms with Crippen molar-refractivity contribution in [2.24, 2.45) is 0 Å². The number of ether oxygens (including phenoxy) is 1. The molecule has 0 fully saturated rings. The van der Waals surface area contributed by atoms with Gasteiger partial charge in [0, 0.05) is 5.56 Å². The van der Waals surface area contributed by atoms with Crippen LogP contribution in [-0.4, -0.2) is 26.1 Å². The van der Waals surface area contributed by atoms with Gasteiger partial charge < -0.3 is 9.84 Å². The van der Waals surface area contributed by atoms with E-state index < -0.39 is 11.6 Å². The molecule has 0 saturated heterocycles. The third kappa shape index (κ3) is 6.42. The maximum absolute atomic E-state index is 12.1. The van der Waals surface area contributed by atoms with Crippen molar-refractivity contribution in [3.05, 3.63) is 84.4 Å². The second-order valence-corrected chi connectivity index (χ2v) is 6.25. The smallest absolute Gasteiger partial charge is 0.352 e. The molecule has 4 rings (SSSR count). The van der Waals surface area contributed by atoms with Gasteiger partial charge in [0.1, 0.15) is 22.5 Å². The molecule has 6 nitrogen and oxygen atoms in total. The lowest BCUT2D eigenvalue weighted by Crippen LogP contribution is -2.38. The summed E-state index contributed by atoms with van der Waals surface area (Å²) in [5, 5.41) is 18.8. The van der Waals surface area contributed by atoms with Crippen molar-refractivity contribution < 1.29 is 14.6 Å². The van der Waals surface area contributed by atoms with Crippen molar-refractivity contribution in [2.75, 3.05) is 0 Å². The lowest BCUT2D eigenvalue weighted by molar-refractivity contribution is -0.154. The summed E-state index contributed by atoms with van der Waals surface area (Å²) in [6, 6.07) is 23.5. The summed E-state index contributed by atoms with van der Waals surface area (Å²) >= 11 is 0. The summed E-state index contributed by atoms with van der Waals surface area (Å²) in [6.07, 6.45) is 0. The third-order valence-corrected chi connectivity index (χ3v) is 4.41. The van der Waals surface area contributed by atoms with Gasteiger partial charge in [-0.05, 0) is 31.2 Å². The number of nitrogens with zero attached hydrogens (tertiary/aromatic N) is 3. The Morgan fingerprint density at radius 1 is 0.758 bits per heavy atom. The van der Waals surface area contributed by atoms with Crippen molar-refractivity contribution in [2.45, 2.75) is 54.1 Å². The van der Waals surface area contributed by atoms with E-state index in [9.17, 15) is 9.90 Å². The standard InChI is InChI=1S/C21H17N3O3.3C2H6/c1-21(20(25)26,15-9-3-2-4-10-15)27-19-14-8-7-13-18(19)24-22-16-11-5-6-12-17(16)23-24;3*1-2/h2-14H,1H3,(H,25,26);3*1-2H3. The van der Waals surface area contributed by atoms with E-state index in [1.807, 2.05) is 77.9 Å². The van der Waals surface area contributed by atoms with Crippen LogP contribution in [-0.2, 0) is 10.4 Å². The monoisotopic (exact) mass is 449 g/mol. The Hall–Kier alpha value is -3.67. The molecule has 1 aromatic heterocycles. The largest absolute Gasteiger partial charge is 0.478 e. The molecule has 1 atom stereocenters. The second kappa shape index (κ2) is 13.7. The first kappa shape index (κ1) is 27.4. The Balaban J connectivity index is 0.000000841. The number of fused-ring (bicyclic) bond motifs is 1. The fourth-order valence-corrected chi connectivity index (χ4v) is 2.88. The van der Waals surface area contributed by atoms with Crippen LogP contribution in [0, 0.1) is 0 Å². The number of hydrogen-bond donors (Lipinski definition) is 1. The Kier molecular flexibility index (Phi) is 11.3. The maximum Gasteiger partial charge on any atom is 0.352 e. The fraction of sp³-hybridized carbons (Fsp3) is 0.296. The Morgan fingerprint density at radius 3 is 1.73 bits per heavy atom. The first-order valence-corrected chi connectivity index (χ1v) is 11.5. The highest BCUT2D eigenvalue weighted by atomic mass is 16.5. The zero-order chi connectivity index (χ0) is 24.9. The molecule has 0 aliphatic heterocycles. The van der Waals surface area contributed by atoms with E-state index >= 15 is 0 Å². The molecule has 0 aliphatic carbocycles. The first-order valence-electron chi connectivity index (χ1n) is 11.5. The van der Waals surface area contributed by atoms with Gasteiger partial charge in [-0.15, -0.1) is 15.0 Å². The number of carboxylic acid groups (broad SMARTS) is 1. The molecule has 4 aromatic rings. The summed E-state index contributed by atoms with van der Waals surface area (Å²) in [4.78, 5) is 13.5. The fourth-order valence-electron chi connectivity index (χ4n) is 2.88. The van der Waals surface area contributed by atoms with Crippen LogP contribution in [0.25, 0.3) is 16.7 Å². The van der Waals surface area contributed by atoms with Crippen LogP contribution in [0.4, 0.5) is 0 Å². The zero-order valence-corrected chi connectivity index (χ0v) is 20.6. The topological polar surface area (TPSA) is 77.2 Å². The van der Waals surface area contributed by atoms with E-state index in [4.69, 9.17) is 4.74 Å². The molecule has 0 bridgehead atoms. The van der Waals surface area contributed by atoms with Gasteiger partial charge in [-0.3, -0.25) is 0 Å². The first-order chi connectivity index (χ1) is 16.1. The average molecular weight is 450 g/mol. The van der Waals surface area contributed by atoms with Crippen LogP contribution in [0.1, 0.15) is 54.0 Å². The molecule has 33 heavy (non-hydrogen) atoms. The van der Waals surface area contributed by atoms with Gasteiger partial charge in [-0.1, -0.05) is 96.1 Å². The predicted molar refractivity (Wildman–Crippen MR) is 135 cm³/mol. The van der Waals surface area contributed by atoms with E-state index in [1.54, 1.807) is 42.5 Å². The molecular formula is C27H35N3O3. The van der Waals surface area contributed by atoms with Gasteiger partial charge in [0.2, 0.25) is 5.60 Å². The van der Waals surface area contributed by atoms with E-state index in [0.29, 0.717) is 17.0 Å². The van der Waals surface area contributed by atoms with Gasteiger partial charge in [0.05, 0.1) is 0 Å². The minimum absolute atomic E-state index is 0.381. The quantitative estimate of drug-likeness (QED) is 0.359. The Labute approximate surface area is 196 Å². The number of aromatic nitrogens is 3. The van der Waals surface area contributed by atoms with Crippen molar-refractivity contribution >= 4 is 17.0 Å². The van der Waals surface area contributed by atoms with Crippen LogP contribution < -0.4 is 4.74 Å². The molecule has 0 saturated carbocycles. The molecule has 0 radical (unpaired) electrons. The Bertz CT molecular complexity index is 1080. The predicted octanol–water partition coefficient (Wildman–Crippen LogP) is 6.88. The minimum Gasteiger partial charge on any atom is -0.478 e. The molecule has 0 amide bonds. The van der Waals surface area contributed by atoms with Crippen LogP contribution in [0.3, 0.4) is 0 Å². The molecule has 1 N–H and O–H groups in total. The summed E-state index contributed by atoms with van der Waals surface area (Å²) in [7, 11) is 0. The number of para-hydroxylation sites is 2. The highest BCUT2D eigenvalue weighted by molar-refractivity contribution is 5.79. The SMILES string of the molecule is CC.CC.CC.CC(Oc1ccccc1-n1nc2ccccc2n1)(C(=O)O)c1ccccc1. The van der Waals surface area contributed by atoms with Gasteiger partial charge in [0.25, 0.3) is 0 Å². The lowest BCUT2D eigenvalue weighted by Gasteiger charge is -2.27. The van der Waals surface area contributed by atoms with Gasteiger partial charge >= 0.3 is 5.97 Å². The minimum atomic E-state index is -1.55. The zero-order valence-electron chi connectivity index (χ0n) is 20.6. The molecular weight excluding hydrogens is 414 g/mol. The number of benzene rings is 3. The van der Waals surface area contributed by atoms with E-state index in [-0.39, 0.29) is 0 Å². The van der Waals surface area contributed by atoms with Crippen molar-refractivity contribution in [3.63, 3.8) is 0 Å². The highest BCUT2D eigenvalue weighted by Gasteiger charge is 2.38. The summed E-state index contributed by atoms with van der Waals surface area (Å²) < 4.78 is 6.03. The van der Waals surface area contributed by atoms with E-state index in [2.05, 4.69) is 10.2 Å². The van der Waals surface area contributed by atoms with Gasteiger partial charge in [0.15, 0.2) is 0 Å². The lowest BCUT2D eigenvalue weighted by atomic mass is 9.96. The highest BCUT2D eigenvalue weighted by Crippen LogP contribution is 2.32. The molecule has 1 heterocycles. The number of carbonyl (C=O) groups is 1. The van der Waals surface area contributed by atoms with Crippen molar-refractivity contribution in [1.29, 1.82) is 0 Å². The van der Waals surface area contributed by atoms with Gasteiger partial charge in [-0.25, -0.2) is 4.79 Å². The normalized spacial score (nSPS) is 11.4. The van der Waals surface area contributed by atoms with Crippen LogP contribution in [0.5, 0.6) is 5.75 Å². The molecule has 0 aliphatic rings. The molecule has 176 valence electrons. The molecule has 1 unspecified atom stereocenters. The van der Waals surface area contributed by atoms with Gasteiger partial charge in [-0.2, -0.15) is 0 Å². The third-order valence-electron chi connectivity index (χ3n) is 4.41. The van der Waals surface area contributed by atoms with Crippen LogP contribution in [0.15, 0.2) is 78.9 Å². The number of rotatable bonds is 5. The summed E-state index contributed by atoms with van der Waals surface area (Å²) in [5.74, 6) is -0.700. The summed E-state index contributed by atoms with van der Waals surface area (Å²) in [6.45, 7) is 13.5. The Morgan fingerprint density at radius 2 is 1.21 bits per heavy atom. The number of aliphatic carboxylic acids is 1. The second-order valence-electron chi connectivity index (χ2n) is 6.25. The average Bonchev–Trinajstić information content (AvgIpc) is 3.32. The van der Waals surface area contributed by atoms with E-state index in [1.165, 1.54) is 11.7 Å². The van der Waals surface area contributed by atoms with Crippen molar-refractivity contribution in [1.82, 2.24) is 15.0 Å². The number of hydrogen-bond acceptors (Lipinski definition) is 4. The van der Waals surface area contributed by atoms with Crippen LogP contribution >= 0.6 is 0 Å². The number of carboxylic acids is 1. The van der Waals surface area contributed by atoms with E-state index in [0.717, 1.165) is 11.0 Å². The molecule has 3 aromatic carbocycles. The van der Waals surface area contributed by atoms with Crippen LogP contribution in [0.2, 0.25) is 0 Å². The molecule has 0 spiro atoms. The molecule has 6 heteroatoms. The summed E-state index contributed by atoms with van der Waals surface area (Å²) in [5.41, 5.74) is 1.06. The maximum atomic E-state index is 12.1.